The van der Waals surface area contributed by atoms with E-state index in [2.05, 4.69) is 9.82 Å². The Morgan fingerprint density at radius 2 is 2.09 bits per heavy atom. The number of amidine groups is 1. The number of nitrogen functional groups attached to an aromatic ring is 1. The van der Waals surface area contributed by atoms with E-state index in [-0.39, 0.29) is 40.0 Å². The number of hydrazone groups is 1. The molecular weight excluding hydrogens is 344 g/mol. The van der Waals surface area contributed by atoms with Crippen LogP contribution in [0.3, 0.4) is 0 Å². The standard InChI is InChI=1S/C10H20N8O3S2/c11-3-5(19)4-16-22-7-2-1-6(12)8(10(13)17-18-14)9(7)23(15,20)21/h1-2,5,16,18-19H,3-4,11-12,14H2,(H2,13,17)(H2,15,20,21). The van der Waals surface area contributed by atoms with Crippen molar-refractivity contribution in [3.05, 3.63) is 17.7 Å². The van der Waals surface area contributed by atoms with E-state index in [1.165, 1.54) is 12.1 Å². The van der Waals surface area contributed by atoms with Crippen molar-refractivity contribution in [3.8, 4) is 0 Å². The minimum Gasteiger partial charge on any atom is -0.398 e. The van der Waals surface area contributed by atoms with Crippen LogP contribution in [0.2, 0.25) is 0 Å². The second kappa shape index (κ2) is 8.30. The van der Waals surface area contributed by atoms with E-state index in [4.69, 9.17) is 28.2 Å². The van der Waals surface area contributed by atoms with Crippen molar-refractivity contribution in [2.24, 2.45) is 27.6 Å². The van der Waals surface area contributed by atoms with Crippen LogP contribution < -0.4 is 38.4 Å². The third kappa shape index (κ3) is 5.21. The van der Waals surface area contributed by atoms with E-state index in [9.17, 15) is 13.5 Å². The highest BCUT2D eigenvalue weighted by atomic mass is 32.2. The van der Waals surface area contributed by atoms with E-state index in [0.717, 1.165) is 11.9 Å². The van der Waals surface area contributed by atoms with Gasteiger partial charge in [-0.05, 0) is 24.1 Å². The molecule has 0 fully saturated rings. The zero-order valence-electron chi connectivity index (χ0n) is 12.1. The van der Waals surface area contributed by atoms with Crippen LogP contribution in [0.5, 0.6) is 0 Å². The fourth-order valence-electron chi connectivity index (χ4n) is 1.63. The molecule has 11 nitrogen and oxygen atoms in total. The van der Waals surface area contributed by atoms with E-state index in [0.29, 0.717) is 0 Å². The van der Waals surface area contributed by atoms with E-state index in [1.807, 2.05) is 5.53 Å². The molecule has 1 unspecified atom stereocenters. The quantitative estimate of drug-likeness (QED) is 0.0580. The molecular formula is C10H20N8O3S2. The molecule has 0 heterocycles. The Balaban J connectivity index is 3.32. The molecule has 0 aromatic heterocycles. The Morgan fingerprint density at radius 3 is 2.61 bits per heavy atom. The van der Waals surface area contributed by atoms with Crippen LogP contribution in [-0.2, 0) is 10.0 Å². The van der Waals surface area contributed by atoms with Crippen LogP contribution in [0.1, 0.15) is 5.56 Å². The summed E-state index contributed by atoms with van der Waals surface area (Å²) in [6.07, 6.45) is -0.776. The molecule has 0 saturated carbocycles. The van der Waals surface area contributed by atoms with Gasteiger partial charge in [-0.15, -0.1) is 5.10 Å². The van der Waals surface area contributed by atoms with Crippen molar-refractivity contribution in [2.75, 3.05) is 18.8 Å². The molecule has 1 aromatic carbocycles. The van der Waals surface area contributed by atoms with Crippen molar-refractivity contribution in [3.63, 3.8) is 0 Å². The molecule has 0 bridgehead atoms. The first-order valence-corrected chi connectivity index (χ1v) is 8.60. The van der Waals surface area contributed by atoms with Crippen molar-refractivity contribution in [2.45, 2.75) is 15.9 Å². The molecule has 0 saturated heterocycles. The molecule has 13 N–H and O–H groups in total. The van der Waals surface area contributed by atoms with Gasteiger partial charge < -0.3 is 22.3 Å². The smallest absolute Gasteiger partial charge is 0.240 e. The molecule has 1 rings (SSSR count). The SMILES string of the molecule is NCC(O)CNSc1ccc(N)c(/C(N)=N/NN)c1S(N)(=O)=O. The van der Waals surface area contributed by atoms with Crippen LogP contribution in [-0.4, -0.2) is 38.6 Å². The molecule has 1 atom stereocenters. The maximum atomic E-state index is 11.9. The largest absolute Gasteiger partial charge is 0.398 e. The molecule has 23 heavy (non-hydrogen) atoms. The van der Waals surface area contributed by atoms with Gasteiger partial charge in [0.15, 0.2) is 5.84 Å². The molecule has 0 aliphatic carbocycles. The van der Waals surface area contributed by atoms with Crippen LogP contribution in [0.15, 0.2) is 27.0 Å². The number of hydrazine groups is 1. The Kier molecular flexibility index (Phi) is 7.01. The van der Waals surface area contributed by atoms with Gasteiger partial charge in [0.1, 0.15) is 4.90 Å². The minimum absolute atomic E-state index is 0.0587. The number of sulfonamides is 1. The van der Waals surface area contributed by atoms with Gasteiger partial charge in [0.05, 0.1) is 11.7 Å². The lowest BCUT2D eigenvalue weighted by molar-refractivity contribution is 0.188. The predicted molar refractivity (Wildman–Crippen MR) is 89.2 cm³/mol. The molecule has 13 heteroatoms. The summed E-state index contributed by atoms with van der Waals surface area (Å²) in [7, 11) is -4.16. The first-order valence-electron chi connectivity index (χ1n) is 6.24. The van der Waals surface area contributed by atoms with Crippen LogP contribution in [0, 0.1) is 0 Å². The Hall–Kier alpha value is -1.61. The molecule has 0 aliphatic heterocycles. The topological polar surface area (TPSA) is 221 Å². The summed E-state index contributed by atoms with van der Waals surface area (Å²) >= 11 is 0.933. The lowest BCUT2D eigenvalue weighted by Crippen LogP contribution is -2.30. The number of nitrogens with zero attached hydrogens (tertiary/aromatic N) is 1. The number of rotatable bonds is 8. The fraction of sp³-hybridized carbons (Fsp3) is 0.300. The van der Waals surface area contributed by atoms with Crippen molar-refractivity contribution < 1.29 is 13.5 Å². The minimum atomic E-state index is -4.16. The highest BCUT2D eigenvalue weighted by molar-refractivity contribution is 7.98. The van der Waals surface area contributed by atoms with Gasteiger partial charge in [-0.3, -0.25) is 4.72 Å². The van der Waals surface area contributed by atoms with Gasteiger partial charge in [0.25, 0.3) is 0 Å². The first kappa shape index (κ1) is 19.4. The number of aliphatic hydroxyl groups is 1. The van der Waals surface area contributed by atoms with Gasteiger partial charge in [0.2, 0.25) is 10.0 Å². The molecule has 1 aromatic rings. The highest BCUT2D eigenvalue weighted by Crippen LogP contribution is 2.30. The van der Waals surface area contributed by atoms with Gasteiger partial charge in [-0.2, -0.15) is 0 Å². The number of primary sulfonamides is 1. The van der Waals surface area contributed by atoms with Gasteiger partial charge in [-0.1, -0.05) is 0 Å². The van der Waals surface area contributed by atoms with Crippen molar-refractivity contribution in [1.82, 2.24) is 10.3 Å². The monoisotopic (exact) mass is 364 g/mol. The summed E-state index contributed by atoms with van der Waals surface area (Å²) in [5.41, 5.74) is 18.7. The zero-order valence-corrected chi connectivity index (χ0v) is 13.7. The van der Waals surface area contributed by atoms with E-state index in [1.54, 1.807) is 0 Å². The number of nitrogens with one attached hydrogen (secondary N) is 2. The maximum absolute atomic E-state index is 11.9. The normalized spacial score (nSPS) is 13.8. The number of anilines is 1. The Labute approximate surface area is 137 Å². The lowest BCUT2D eigenvalue weighted by Gasteiger charge is -2.15. The van der Waals surface area contributed by atoms with Crippen LogP contribution >= 0.6 is 11.9 Å². The summed E-state index contributed by atoms with van der Waals surface area (Å²) in [5, 5.41) is 18.2. The Morgan fingerprint density at radius 1 is 1.43 bits per heavy atom. The number of nitrogens with two attached hydrogens (primary N) is 5. The number of hydrogen-bond donors (Lipinski definition) is 8. The summed E-state index contributed by atoms with van der Waals surface area (Å²) in [4.78, 5) is -0.0650. The Bertz CT molecular complexity index is 679. The second-order valence-electron chi connectivity index (χ2n) is 4.37. The summed E-state index contributed by atoms with van der Waals surface area (Å²) < 4.78 is 26.7. The average molecular weight is 364 g/mol. The summed E-state index contributed by atoms with van der Waals surface area (Å²) in [6.45, 7) is 0.198. The van der Waals surface area contributed by atoms with Gasteiger partial charge in [0, 0.05) is 23.7 Å². The van der Waals surface area contributed by atoms with Crippen LogP contribution in [0.25, 0.3) is 0 Å². The van der Waals surface area contributed by atoms with E-state index < -0.39 is 16.1 Å². The molecule has 0 radical (unpaired) electrons. The zero-order chi connectivity index (χ0) is 17.6. The number of aliphatic hydroxyl groups excluding tert-OH is 1. The van der Waals surface area contributed by atoms with Crippen molar-refractivity contribution >= 4 is 33.5 Å². The fourth-order valence-corrected chi connectivity index (χ4v) is 3.72. The molecule has 0 spiro atoms. The molecule has 0 amide bonds. The molecule has 0 aliphatic rings. The lowest BCUT2D eigenvalue weighted by atomic mass is 10.1. The van der Waals surface area contributed by atoms with Crippen molar-refractivity contribution in [1.29, 1.82) is 0 Å². The number of benzene rings is 1. The first-order chi connectivity index (χ1) is 10.7. The van der Waals surface area contributed by atoms with Gasteiger partial charge >= 0.3 is 0 Å². The average Bonchev–Trinajstić information content (AvgIpc) is 2.47. The second-order valence-corrected chi connectivity index (χ2v) is 6.80. The van der Waals surface area contributed by atoms with Crippen LogP contribution in [0.4, 0.5) is 5.69 Å². The van der Waals surface area contributed by atoms with E-state index >= 15 is 0 Å². The number of hydrogen-bond acceptors (Lipinski definition) is 10. The third-order valence-corrected chi connectivity index (χ3v) is 4.65. The third-order valence-electron chi connectivity index (χ3n) is 2.65. The molecule has 130 valence electrons. The summed E-state index contributed by atoms with van der Waals surface area (Å²) in [5.74, 6) is 4.81. The highest BCUT2D eigenvalue weighted by Gasteiger charge is 2.24. The maximum Gasteiger partial charge on any atom is 0.240 e. The van der Waals surface area contributed by atoms with Gasteiger partial charge in [-0.25, -0.2) is 24.9 Å². The summed E-state index contributed by atoms with van der Waals surface area (Å²) in [6, 6.07) is 2.90. The predicted octanol–water partition coefficient (Wildman–Crippen LogP) is -3.08.